The number of nitrogens with one attached hydrogen (secondary N) is 2. The molecule has 0 bridgehead atoms. The molecule has 0 saturated carbocycles. The first-order chi connectivity index (χ1) is 12.6. The van der Waals surface area contributed by atoms with Crippen molar-refractivity contribution in [3.8, 4) is 5.75 Å². The molecule has 7 nitrogen and oxygen atoms in total. The van der Waals surface area contributed by atoms with Crippen LogP contribution in [0.15, 0.2) is 51.7 Å². The average molecular weight is 355 g/mol. The fraction of sp³-hybridized carbons (Fsp3) is 0.368. The van der Waals surface area contributed by atoms with E-state index in [2.05, 4.69) is 23.0 Å². The number of hydrogen-bond donors (Lipinski definition) is 2. The second kappa shape index (κ2) is 6.93. The zero-order valence-corrected chi connectivity index (χ0v) is 14.5. The number of ether oxygens (including phenoxy) is 1. The summed E-state index contributed by atoms with van der Waals surface area (Å²) in [4.78, 5) is 25.8. The topological polar surface area (TPSA) is 83.8 Å². The van der Waals surface area contributed by atoms with Crippen LogP contribution in [0.1, 0.15) is 23.8 Å². The van der Waals surface area contributed by atoms with Gasteiger partial charge in [-0.3, -0.25) is 4.79 Å². The largest absolute Gasteiger partial charge is 0.486 e. The summed E-state index contributed by atoms with van der Waals surface area (Å²) in [6.45, 7) is 2.74. The number of hydrogen-bond acceptors (Lipinski definition) is 6. The van der Waals surface area contributed by atoms with Crippen LogP contribution in [0.4, 0.5) is 0 Å². The van der Waals surface area contributed by atoms with E-state index in [1.807, 2.05) is 18.2 Å². The second-order valence-electron chi connectivity index (χ2n) is 6.75. The lowest BCUT2D eigenvalue weighted by Gasteiger charge is -2.40. The first-order valence-electron chi connectivity index (χ1n) is 8.72. The van der Waals surface area contributed by atoms with Crippen LogP contribution in [0.25, 0.3) is 0 Å². The molecule has 1 aromatic heterocycles. The Morgan fingerprint density at radius 3 is 2.69 bits per heavy atom. The summed E-state index contributed by atoms with van der Waals surface area (Å²) in [5, 5.41) is 0. The number of aryl methyl sites for hydroxylation is 1. The molecular formula is C19H21N3O4. The van der Waals surface area contributed by atoms with Gasteiger partial charge in [-0.1, -0.05) is 30.3 Å². The highest BCUT2D eigenvalue weighted by Crippen LogP contribution is 2.25. The third-order valence-electron chi connectivity index (χ3n) is 4.73. The maximum absolute atomic E-state index is 12.6. The molecule has 2 fully saturated rings. The lowest BCUT2D eigenvalue weighted by Crippen LogP contribution is -2.60. The minimum Gasteiger partial charge on any atom is -0.486 e. The number of carbonyl (C=O) groups is 1. The van der Waals surface area contributed by atoms with Crippen LogP contribution in [0.2, 0.25) is 0 Å². The Morgan fingerprint density at radius 2 is 1.96 bits per heavy atom. The van der Waals surface area contributed by atoms with Crippen molar-refractivity contribution in [3.05, 3.63) is 64.2 Å². The molecular weight excluding hydrogens is 334 g/mol. The predicted octanol–water partition coefficient (Wildman–Crippen LogP) is 1.15. The van der Waals surface area contributed by atoms with Crippen molar-refractivity contribution in [1.82, 2.24) is 15.8 Å². The molecule has 2 aliphatic heterocycles. The number of nitrogens with zero attached hydrogens (tertiary/aromatic N) is 1. The summed E-state index contributed by atoms with van der Waals surface area (Å²) in [7, 11) is 0. The fourth-order valence-electron chi connectivity index (χ4n) is 3.37. The monoisotopic (exact) mass is 355 g/mol. The van der Waals surface area contributed by atoms with Crippen molar-refractivity contribution in [2.45, 2.75) is 31.5 Å². The predicted molar refractivity (Wildman–Crippen MR) is 94.6 cm³/mol. The molecule has 3 heterocycles. The summed E-state index contributed by atoms with van der Waals surface area (Å²) < 4.78 is 10.7. The minimum absolute atomic E-state index is 0.0690. The van der Waals surface area contributed by atoms with Gasteiger partial charge >= 0.3 is 5.63 Å². The number of hydrazine groups is 1. The quantitative estimate of drug-likeness (QED) is 0.856. The molecule has 1 aromatic carbocycles. The molecule has 2 aliphatic rings. The highest BCUT2D eigenvalue weighted by Gasteiger charge is 2.39. The fourth-order valence-corrected chi connectivity index (χ4v) is 3.37. The smallest absolute Gasteiger partial charge is 0.339 e. The zero-order chi connectivity index (χ0) is 18.1. The summed E-state index contributed by atoms with van der Waals surface area (Å²) in [6, 6.07) is 13.0. The molecule has 2 N–H and O–H groups in total. The van der Waals surface area contributed by atoms with E-state index in [0.29, 0.717) is 31.0 Å². The van der Waals surface area contributed by atoms with Crippen LogP contribution in [-0.2, 0) is 4.79 Å². The maximum Gasteiger partial charge on any atom is 0.339 e. The zero-order valence-electron chi connectivity index (χ0n) is 14.5. The Kier molecular flexibility index (Phi) is 4.48. The number of benzene rings is 1. The first kappa shape index (κ1) is 16.8. The van der Waals surface area contributed by atoms with Gasteiger partial charge in [0, 0.05) is 12.1 Å². The van der Waals surface area contributed by atoms with Crippen LogP contribution < -0.4 is 21.2 Å². The molecule has 2 atom stereocenters. The van der Waals surface area contributed by atoms with E-state index < -0.39 is 5.63 Å². The summed E-state index contributed by atoms with van der Waals surface area (Å²) in [5.74, 6) is 1.06. The van der Waals surface area contributed by atoms with E-state index in [1.165, 1.54) is 11.6 Å². The van der Waals surface area contributed by atoms with Crippen LogP contribution in [0.3, 0.4) is 0 Å². The second-order valence-corrected chi connectivity index (χ2v) is 6.75. The van der Waals surface area contributed by atoms with Gasteiger partial charge in [0.25, 0.3) is 0 Å². The molecule has 4 rings (SSSR count). The number of carbonyl (C=O) groups excluding carboxylic acids is 1. The van der Waals surface area contributed by atoms with Crippen LogP contribution in [0, 0.1) is 6.92 Å². The molecule has 136 valence electrons. The van der Waals surface area contributed by atoms with Crippen LogP contribution in [-0.4, -0.2) is 36.0 Å². The van der Waals surface area contributed by atoms with E-state index in [4.69, 9.17) is 9.15 Å². The van der Waals surface area contributed by atoms with Crippen molar-refractivity contribution < 1.29 is 13.9 Å². The van der Waals surface area contributed by atoms with Gasteiger partial charge in [0.1, 0.15) is 23.7 Å². The van der Waals surface area contributed by atoms with E-state index in [0.717, 1.165) is 0 Å². The van der Waals surface area contributed by atoms with Gasteiger partial charge in [0.05, 0.1) is 19.2 Å². The normalized spacial score (nSPS) is 22.9. The molecule has 2 saturated heterocycles. The van der Waals surface area contributed by atoms with Crippen molar-refractivity contribution in [2.75, 3.05) is 13.1 Å². The summed E-state index contributed by atoms with van der Waals surface area (Å²) in [5.41, 5.74) is 7.03. The summed E-state index contributed by atoms with van der Waals surface area (Å²) in [6.07, 6.45) is 0.614. The van der Waals surface area contributed by atoms with Gasteiger partial charge in [-0.15, -0.1) is 0 Å². The Hall–Kier alpha value is -2.64. The SMILES string of the molecule is Cc1cc(OC2CN(C(=O)C3CC(c4ccccc4)NN3)C2)cc(=O)o1. The van der Waals surface area contributed by atoms with Gasteiger partial charge in [0.15, 0.2) is 0 Å². The lowest BCUT2D eigenvalue weighted by atomic mass is 10.0. The molecule has 26 heavy (non-hydrogen) atoms. The Balaban J connectivity index is 1.29. The third kappa shape index (κ3) is 3.49. The average Bonchev–Trinajstić information content (AvgIpc) is 3.07. The number of rotatable bonds is 4. The Bertz CT molecular complexity index is 845. The molecule has 2 unspecified atom stereocenters. The first-order valence-corrected chi connectivity index (χ1v) is 8.72. The molecule has 0 radical (unpaired) electrons. The minimum atomic E-state index is -0.430. The van der Waals surface area contributed by atoms with Gasteiger partial charge in [0.2, 0.25) is 5.91 Å². The molecule has 7 heteroatoms. The van der Waals surface area contributed by atoms with E-state index in [9.17, 15) is 9.59 Å². The van der Waals surface area contributed by atoms with E-state index in [-0.39, 0.29) is 24.1 Å². The van der Waals surface area contributed by atoms with Gasteiger partial charge < -0.3 is 14.1 Å². The highest BCUT2D eigenvalue weighted by molar-refractivity contribution is 5.83. The molecule has 1 amide bonds. The van der Waals surface area contributed by atoms with Crippen molar-refractivity contribution in [1.29, 1.82) is 0 Å². The van der Waals surface area contributed by atoms with E-state index >= 15 is 0 Å². The molecule has 2 aromatic rings. The number of amides is 1. The highest BCUT2D eigenvalue weighted by atomic mass is 16.5. The summed E-state index contributed by atoms with van der Waals surface area (Å²) >= 11 is 0. The standard InChI is InChI=1S/C19H21N3O4/c1-12-7-14(8-18(23)25-12)26-15-10-22(11-15)19(24)17-9-16(20-21-17)13-5-3-2-4-6-13/h2-8,15-17,20-21H,9-11H2,1H3. The third-order valence-corrected chi connectivity index (χ3v) is 4.73. The number of likely N-dealkylation sites (tertiary alicyclic amines) is 1. The van der Waals surface area contributed by atoms with Gasteiger partial charge in [-0.05, 0) is 18.9 Å². The van der Waals surface area contributed by atoms with E-state index in [1.54, 1.807) is 17.9 Å². The Labute approximate surface area is 150 Å². The lowest BCUT2D eigenvalue weighted by molar-refractivity contribution is -0.142. The van der Waals surface area contributed by atoms with Gasteiger partial charge in [-0.25, -0.2) is 15.6 Å². The molecule has 0 spiro atoms. The van der Waals surface area contributed by atoms with Crippen molar-refractivity contribution >= 4 is 5.91 Å². The van der Waals surface area contributed by atoms with Gasteiger partial charge in [-0.2, -0.15) is 0 Å². The maximum atomic E-state index is 12.6. The van der Waals surface area contributed by atoms with Crippen molar-refractivity contribution in [3.63, 3.8) is 0 Å². The van der Waals surface area contributed by atoms with Crippen LogP contribution in [0.5, 0.6) is 5.75 Å². The van der Waals surface area contributed by atoms with Crippen LogP contribution >= 0.6 is 0 Å². The Morgan fingerprint density at radius 1 is 1.19 bits per heavy atom. The van der Waals surface area contributed by atoms with Crippen molar-refractivity contribution in [2.24, 2.45) is 0 Å². The molecule has 0 aliphatic carbocycles.